The average Bonchev–Trinajstić information content (AvgIpc) is 2.29. The Balaban J connectivity index is 2.44. The van der Waals surface area contributed by atoms with Crippen molar-refractivity contribution >= 4 is 31.9 Å². The second-order valence-electron chi connectivity index (χ2n) is 4.05. The molecule has 0 saturated heterocycles. The molecule has 0 aliphatic carbocycles. The normalized spacial score (nSPS) is 14.2. The Morgan fingerprint density at radius 2 is 2.25 bits per heavy atom. The first-order chi connectivity index (χ1) is 7.59. The minimum absolute atomic E-state index is 0.103. The van der Waals surface area contributed by atoms with Crippen LogP contribution in [0.4, 0.5) is 0 Å². The lowest BCUT2D eigenvalue weighted by Gasteiger charge is -2.22. The van der Waals surface area contributed by atoms with Gasteiger partial charge in [-0.05, 0) is 30.0 Å². The quantitative estimate of drug-likeness (QED) is 0.530. The molecule has 1 nitrogen and oxygen atoms in total. The first kappa shape index (κ1) is 13.8. The lowest BCUT2D eigenvalue weighted by molar-refractivity contribution is 0.264. The van der Waals surface area contributed by atoms with Gasteiger partial charge < -0.3 is 4.74 Å². The molecule has 1 unspecified atom stereocenters. The van der Waals surface area contributed by atoms with E-state index in [2.05, 4.69) is 45.4 Å². The van der Waals surface area contributed by atoms with Crippen molar-refractivity contribution in [2.24, 2.45) is 5.41 Å². The van der Waals surface area contributed by atoms with Gasteiger partial charge in [0.25, 0.3) is 0 Å². The van der Waals surface area contributed by atoms with Crippen molar-refractivity contribution < 1.29 is 4.74 Å². The van der Waals surface area contributed by atoms with Gasteiger partial charge in [-0.15, -0.1) is 6.58 Å². The van der Waals surface area contributed by atoms with Gasteiger partial charge >= 0.3 is 0 Å². The molecule has 1 rings (SSSR count). The molecule has 16 heavy (non-hydrogen) atoms. The highest BCUT2D eigenvalue weighted by molar-refractivity contribution is 9.10. The summed E-state index contributed by atoms with van der Waals surface area (Å²) >= 11 is 6.91. The predicted octanol–water partition coefficient (Wildman–Crippen LogP) is 4.81. The molecule has 0 heterocycles. The molecule has 3 heteroatoms. The molecule has 88 valence electrons. The monoisotopic (exact) mass is 346 g/mol. The molecule has 1 aromatic rings. The van der Waals surface area contributed by atoms with E-state index in [-0.39, 0.29) is 5.41 Å². The molecule has 0 radical (unpaired) electrons. The third-order valence-corrected chi connectivity index (χ3v) is 4.31. The SMILES string of the molecule is C=CC(C)(CBr)CCOc1cccc(Br)c1. The number of hydrogen-bond acceptors (Lipinski definition) is 1. The van der Waals surface area contributed by atoms with Crippen LogP contribution in [0.2, 0.25) is 0 Å². The lowest BCUT2D eigenvalue weighted by Crippen LogP contribution is -2.18. The maximum absolute atomic E-state index is 5.69. The van der Waals surface area contributed by atoms with Crippen LogP contribution in [-0.4, -0.2) is 11.9 Å². The molecule has 0 aromatic heterocycles. The zero-order chi connectivity index (χ0) is 12.0. The van der Waals surface area contributed by atoms with E-state index in [1.807, 2.05) is 30.3 Å². The fourth-order valence-electron chi connectivity index (χ4n) is 1.18. The number of rotatable bonds is 6. The van der Waals surface area contributed by atoms with E-state index in [0.717, 1.165) is 22.0 Å². The maximum atomic E-state index is 5.69. The Labute approximate surface area is 114 Å². The topological polar surface area (TPSA) is 9.23 Å². The minimum atomic E-state index is 0.103. The molecule has 0 N–H and O–H groups in total. The molecule has 0 aliphatic heterocycles. The minimum Gasteiger partial charge on any atom is -0.494 e. The van der Waals surface area contributed by atoms with Crippen LogP contribution in [0.15, 0.2) is 41.4 Å². The lowest BCUT2D eigenvalue weighted by atomic mass is 9.90. The Kier molecular flexibility index (Phi) is 5.56. The molecule has 0 bridgehead atoms. The molecule has 0 aliphatic rings. The van der Waals surface area contributed by atoms with Gasteiger partial charge in [-0.2, -0.15) is 0 Å². The first-order valence-electron chi connectivity index (χ1n) is 5.17. The summed E-state index contributed by atoms with van der Waals surface area (Å²) in [4.78, 5) is 0. The molecule has 1 atom stereocenters. The summed E-state index contributed by atoms with van der Waals surface area (Å²) in [6, 6.07) is 7.89. The number of alkyl halides is 1. The summed E-state index contributed by atoms with van der Waals surface area (Å²) in [5.74, 6) is 0.898. The molecule has 0 amide bonds. The van der Waals surface area contributed by atoms with Gasteiger partial charge in [0, 0.05) is 9.80 Å². The van der Waals surface area contributed by atoms with Crippen molar-refractivity contribution in [3.63, 3.8) is 0 Å². The fourth-order valence-corrected chi connectivity index (χ4v) is 2.07. The summed E-state index contributed by atoms with van der Waals surface area (Å²) in [5, 5.41) is 0.908. The number of ether oxygens (including phenoxy) is 1. The van der Waals surface area contributed by atoms with E-state index in [4.69, 9.17) is 4.74 Å². The van der Waals surface area contributed by atoms with Crippen molar-refractivity contribution in [3.8, 4) is 5.75 Å². The second kappa shape index (κ2) is 6.45. The van der Waals surface area contributed by atoms with Crippen molar-refractivity contribution in [3.05, 3.63) is 41.4 Å². The van der Waals surface area contributed by atoms with Crippen LogP contribution < -0.4 is 4.74 Å². The first-order valence-corrected chi connectivity index (χ1v) is 7.09. The largest absolute Gasteiger partial charge is 0.494 e. The van der Waals surface area contributed by atoms with Crippen LogP contribution in [0.5, 0.6) is 5.75 Å². The van der Waals surface area contributed by atoms with Crippen LogP contribution in [0.25, 0.3) is 0 Å². The average molecular weight is 348 g/mol. The van der Waals surface area contributed by atoms with Crippen LogP contribution in [-0.2, 0) is 0 Å². The highest BCUT2D eigenvalue weighted by atomic mass is 79.9. The molecule has 1 aromatic carbocycles. The maximum Gasteiger partial charge on any atom is 0.120 e. The van der Waals surface area contributed by atoms with E-state index >= 15 is 0 Å². The Hall–Kier alpha value is -0.280. The van der Waals surface area contributed by atoms with Crippen LogP contribution in [0, 0.1) is 5.41 Å². The number of allylic oxidation sites excluding steroid dienone is 1. The summed E-state index contributed by atoms with van der Waals surface area (Å²) in [6.45, 7) is 6.71. The van der Waals surface area contributed by atoms with Crippen molar-refractivity contribution in [1.82, 2.24) is 0 Å². The van der Waals surface area contributed by atoms with Crippen LogP contribution in [0.1, 0.15) is 13.3 Å². The van der Waals surface area contributed by atoms with E-state index in [0.29, 0.717) is 6.61 Å². The molecular formula is C13H16Br2O. The van der Waals surface area contributed by atoms with Gasteiger partial charge in [-0.1, -0.05) is 50.9 Å². The predicted molar refractivity (Wildman–Crippen MR) is 76.4 cm³/mol. The number of halogens is 2. The van der Waals surface area contributed by atoms with E-state index in [9.17, 15) is 0 Å². The van der Waals surface area contributed by atoms with Crippen LogP contribution >= 0.6 is 31.9 Å². The summed E-state index contributed by atoms with van der Waals surface area (Å²) < 4.78 is 6.73. The van der Waals surface area contributed by atoms with Gasteiger partial charge in [0.2, 0.25) is 0 Å². The zero-order valence-corrected chi connectivity index (χ0v) is 12.6. The summed E-state index contributed by atoms with van der Waals surface area (Å²) in [7, 11) is 0. The zero-order valence-electron chi connectivity index (χ0n) is 9.38. The number of hydrogen-bond donors (Lipinski definition) is 0. The van der Waals surface area contributed by atoms with Crippen molar-refractivity contribution in [2.75, 3.05) is 11.9 Å². The van der Waals surface area contributed by atoms with Gasteiger partial charge in [0.15, 0.2) is 0 Å². The fraction of sp³-hybridized carbons (Fsp3) is 0.385. The molecular weight excluding hydrogens is 332 g/mol. The molecule has 0 spiro atoms. The Morgan fingerprint density at radius 1 is 1.50 bits per heavy atom. The van der Waals surface area contributed by atoms with E-state index in [1.54, 1.807) is 0 Å². The van der Waals surface area contributed by atoms with Gasteiger partial charge in [-0.25, -0.2) is 0 Å². The molecule has 0 saturated carbocycles. The highest BCUT2D eigenvalue weighted by Gasteiger charge is 2.18. The smallest absolute Gasteiger partial charge is 0.120 e. The van der Waals surface area contributed by atoms with Crippen molar-refractivity contribution in [1.29, 1.82) is 0 Å². The molecule has 0 fully saturated rings. The second-order valence-corrected chi connectivity index (χ2v) is 5.52. The Morgan fingerprint density at radius 3 is 2.81 bits per heavy atom. The van der Waals surface area contributed by atoms with E-state index < -0.39 is 0 Å². The van der Waals surface area contributed by atoms with Gasteiger partial charge in [0.05, 0.1) is 6.61 Å². The summed E-state index contributed by atoms with van der Waals surface area (Å²) in [6.07, 6.45) is 2.93. The summed E-state index contributed by atoms with van der Waals surface area (Å²) in [5.41, 5.74) is 0.103. The van der Waals surface area contributed by atoms with Crippen LogP contribution in [0.3, 0.4) is 0 Å². The van der Waals surface area contributed by atoms with Crippen molar-refractivity contribution in [2.45, 2.75) is 13.3 Å². The Bertz CT molecular complexity index is 352. The van der Waals surface area contributed by atoms with Gasteiger partial charge in [-0.3, -0.25) is 0 Å². The van der Waals surface area contributed by atoms with Gasteiger partial charge in [0.1, 0.15) is 5.75 Å². The standard InChI is InChI=1S/C13H16Br2O/c1-3-13(2,10-14)7-8-16-12-6-4-5-11(15)9-12/h3-6,9H,1,7-8,10H2,2H3. The third kappa shape index (κ3) is 4.30. The van der Waals surface area contributed by atoms with E-state index in [1.165, 1.54) is 0 Å². The highest BCUT2D eigenvalue weighted by Crippen LogP contribution is 2.26. The number of benzene rings is 1. The third-order valence-electron chi connectivity index (χ3n) is 2.54.